The first-order valence-corrected chi connectivity index (χ1v) is 11.2. The second-order valence-electron chi connectivity index (χ2n) is 8.51. The zero-order valence-corrected chi connectivity index (χ0v) is 20.5. The summed E-state index contributed by atoms with van der Waals surface area (Å²) in [5.74, 6) is 0.941. The van der Waals surface area contributed by atoms with Crippen LogP contribution in [-0.2, 0) is 0 Å². The predicted molar refractivity (Wildman–Crippen MR) is 130 cm³/mol. The van der Waals surface area contributed by atoms with Crippen LogP contribution >= 0.6 is 24.0 Å². The Balaban J connectivity index is 0.00000392. The maximum Gasteiger partial charge on any atom is 0.191 e. The predicted octanol–water partition coefficient (Wildman–Crippen LogP) is 2.52. The molecule has 0 radical (unpaired) electrons. The number of likely N-dealkylation sites (N-methyl/N-ethyl adjacent to an activating group) is 1. The molecular formula is C21H44IN5O. The van der Waals surface area contributed by atoms with Crippen LogP contribution in [0.4, 0.5) is 0 Å². The van der Waals surface area contributed by atoms with E-state index < -0.39 is 0 Å². The van der Waals surface area contributed by atoms with E-state index in [9.17, 15) is 5.11 Å². The second kappa shape index (κ2) is 14.8. The molecule has 0 spiro atoms. The highest BCUT2D eigenvalue weighted by Gasteiger charge is 2.31. The van der Waals surface area contributed by atoms with Crippen LogP contribution in [0.15, 0.2) is 4.99 Å². The molecule has 3 N–H and O–H groups in total. The molecule has 1 saturated carbocycles. The molecule has 2 aliphatic rings. The van der Waals surface area contributed by atoms with Gasteiger partial charge in [0.2, 0.25) is 0 Å². The minimum Gasteiger partial charge on any atom is -0.396 e. The standard InChI is InChI=1S/C21H43N5O.HI/c1-3-22-20(24-19-21(11-18-27)9-5-4-6-10-21)23-12-7-14-26-15-8-13-25(2)16-17-26;/h27H,3-19H2,1-2H3,(H2,22,23,24);1H. The maximum atomic E-state index is 9.50. The molecule has 0 atom stereocenters. The van der Waals surface area contributed by atoms with Gasteiger partial charge in [-0.1, -0.05) is 19.3 Å². The highest BCUT2D eigenvalue weighted by molar-refractivity contribution is 14.0. The van der Waals surface area contributed by atoms with Gasteiger partial charge in [-0.2, -0.15) is 0 Å². The minimum absolute atomic E-state index is 0. The normalized spacial score (nSPS) is 21.6. The van der Waals surface area contributed by atoms with Crippen LogP contribution in [0.25, 0.3) is 0 Å². The molecule has 0 amide bonds. The van der Waals surface area contributed by atoms with E-state index in [0.29, 0.717) is 0 Å². The summed E-state index contributed by atoms with van der Waals surface area (Å²) in [5, 5.41) is 16.4. The molecule has 0 aromatic carbocycles. The zero-order valence-electron chi connectivity index (χ0n) is 18.2. The van der Waals surface area contributed by atoms with Gasteiger partial charge in [0.25, 0.3) is 0 Å². The van der Waals surface area contributed by atoms with Gasteiger partial charge >= 0.3 is 0 Å². The van der Waals surface area contributed by atoms with Crippen LogP contribution in [-0.4, -0.2) is 86.9 Å². The first-order chi connectivity index (χ1) is 13.2. The van der Waals surface area contributed by atoms with E-state index in [0.717, 1.165) is 45.0 Å². The van der Waals surface area contributed by atoms with Crippen LogP contribution in [0, 0.1) is 5.41 Å². The molecule has 1 saturated heterocycles. The molecule has 1 aliphatic heterocycles. The number of halogens is 1. The first kappa shape index (κ1) is 25.9. The minimum atomic E-state index is 0. The molecule has 7 heteroatoms. The summed E-state index contributed by atoms with van der Waals surface area (Å²) < 4.78 is 0. The molecule has 2 fully saturated rings. The van der Waals surface area contributed by atoms with Crippen molar-refractivity contribution in [2.75, 3.05) is 66.0 Å². The van der Waals surface area contributed by atoms with Gasteiger partial charge in [0.05, 0.1) is 0 Å². The molecule has 1 aliphatic carbocycles. The number of rotatable bonds is 9. The van der Waals surface area contributed by atoms with Gasteiger partial charge in [0.1, 0.15) is 0 Å². The van der Waals surface area contributed by atoms with E-state index >= 15 is 0 Å². The van der Waals surface area contributed by atoms with Crippen molar-refractivity contribution in [3.8, 4) is 0 Å². The van der Waals surface area contributed by atoms with Crippen LogP contribution < -0.4 is 10.6 Å². The molecule has 0 bridgehead atoms. The number of aliphatic imine (C=N–C) groups is 1. The Morgan fingerprint density at radius 2 is 1.82 bits per heavy atom. The molecule has 2 rings (SSSR count). The third-order valence-corrected chi connectivity index (χ3v) is 6.23. The monoisotopic (exact) mass is 509 g/mol. The van der Waals surface area contributed by atoms with Crippen LogP contribution in [0.1, 0.15) is 58.3 Å². The molecule has 1 heterocycles. The molecule has 0 aromatic heterocycles. The molecule has 0 unspecified atom stereocenters. The van der Waals surface area contributed by atoms with Gasteiger partial charge < -0.3 is 25.5 Å². The van der Waals surface area contributed by atoms with Crippen molar-refractivity contribution in [3.05, 3.63) is 0 Å². The number of nitrogens with one attached hydrogen (secondary N) is 2. The van der Waals surface area contributed by atoms with E-state index in [1.807, 2.05) is 0 Å². The van der Waals surface area contributed by atoms with Crippen molar-refractivity contribution in [1.29, 1.82) is 0 Å². The largest absolute Gasteiger partial charge is 0.396 e. The quantitative estimate of drug-likeness (QED) is 0.193. The summed E-state index contributed by atoms with van der Waals surface area (Å²) in [6.07, 6.45) is 9.63. The van der Waals surface area contributed by atoms with E-state index in [1.54, 1.807) is 0 Å². The van der Waals surface area contributed by atoms with Crippen LogP contribution in [0.2, 0.25) is 0 Å². The Kier molecular flexibility index (Phi) is 13.7. The Bertz CT molecular complexity index is 424. The molecule has 6 nitrogen and oxygen atoms in total. The van der Waals surface area contributed by atoms with Crippen LogP contribution in [0.3, 0.4) is 0 Å². The van der Waals surface area contributed by atoms with Crippen molar-refractivity contribution in [2.45, 2.75) is 58.3 Å². The Morgan fingerprint density at radius 1 is 1.04 bits per heavy atom. The van der Waals surface area contributed by atoms with Crippen molar-refractivity contribution >= 4 is 29.9 Å². The number of aliphatic hydroxyl groups excluding tert-OH is 1. The van der Waals surface area contributed by atoms with Gasteiger partial charge in [0, 0.05) is 39.3 Å². The lowest BCUT2D eigenvalue weighted by Crippen LogP contribution is -2.40. The Morgan fingerprint density at radius 3 is 2.54 bits per heavy atom. The lowest BCUT2D eigenvalue weighted by Gasteiger charge is -2.35. The SMILES string of the molecule is CCNC(=NCC1(CCO)CCCCC1)NCCCN1CCCN(C)CC1.I. The third kappa shape index (κ3) is 9.59. The molecule has 28 heavy (non-hydrogen) atoms. The average molecular weight is 510 g/mol. The highest BCUT2D eigenvalue weighted by atomic mass is 127. The van der Waals surface area contributed by atoms with Gasteiger partial charge in [0.15, 0.2) is 5.96 Å². The Labute approximate surface area is 189 Å². The van der Waals surface area contributed by atoms with E-state index in [1.165, 1.54) is 64.7 Å². The van der Waals surface area contributed by atoms with E-state index in [-0.39, 0.29) is 36.0 Å². The lowest BCUT2D eigenvalue weighted by molar-refractivity contribution is 0.137. The number of guanidine groups is 1. The summed E-state index contributed by atoms with van der Waals surface area (Å²) >= 11 is 0. The second-order valence-corrected chi connectivity index (χ2v) is 8.51. The summed E-state index contributed by atoms with van der Waals surface area (Å²) in [4.78, 5) is 9.92. The van der Waals surface area contributed by atoms with E-state index in [4.69, 9.17) is 4.99 Å². The summed E-state index contributed by atoms with van der Waals surface area (Å²) in [6.45, 7) is 11.1. The van der Waals surface area contributed by atoms with Crippen molar-refractivity contribution in [2.24, 2.45) is 10.4 Å². The van der Waals surface area contributed by atoms with Gasteiger partial charge in [-0.05, 0) is 71.1 Å². The van der Waals surface area contributed by atoms with Crippen LogP contribution in [0.5, 0.6) is 0 Å². The molecular weight excluding hydrogens is 465 g/mol. The van der Waals surface area contributed by atoms with E-state index in [2.05, 4.69) is 34.4 Å². The average Bonchev–Trinajstić information content (AvgIpc) is 2.88. The fourth-order valence-corrected chi connectivity index (χ4v) is 4.45. The first-order valence-electron chi connectivity index (χ1n) is 11.2. The molecule has 166 valence electrons. The van der Waals surface area contributed by atoms with Crippen molar-refractivity contribution in [3.63, 3.8) is 0 Å². The van der Waals surface area contributed by atoms with Gasteiger partial charge in [-0.25, -0.2) is 0 Å². The molecule has 0 aromatic rings. The maximum absolute atomic E-state index is 9.50. The van der Waals surface area contributed by atoms with Crippen molar-refractivity contribution < 1.29 is 5.11 Å². The van der Waals surface area contributed by atoms with Gasteiger partial charge in [-0.3, -0.25) is 4.99 Å². The summed E-state index contributed by atoms with van der Waals surface area (Å²) in [6, 6.07) is 0. The van der Waals surface area contributed by atoms with Gasteiger partial charge in [-0.15, -0.1) is 24.0 Å². The number of nitrogens with zero attached hydrogens (tertiary/aromatic N) is 3. The third-order valence-electron chi connectivity index (χ3n) is 6.23. The zero-order chi connectivity index (χ0) is 19.4. The summed E-state index contributed by atoms with van der Waals surface area (Å²) in [5.41, 5.74) is 0.216. The summed E-state index contributed by atoms with van der Waals surface area (Å²) in [7, 11) is 2.22. The Hall–Kier alpha value is -0.120. The number of hydrogen-bond acceptors (Lipinski definition) is 4. The fourth-order valence-electron chi connectivity index (χ4n) is 4.45. The number of hydrogen-bond donors (Lipinski definition) is 3. The topological polar surface area (TPSA) is 63.1 Å². The highest BCUT2D eigenvalue weighted by Crippen LogP contribution is 2.39. The number of aliphatic hydroxyl groups is 1. The fraction of sp³-hybridized carbons (Fsp3) is 0.952. The lowest BCUT2D eigenvalue weighted by atomic mass is 9.72. The smallest absolute Gasteiger partial charge is 0.191 e. The van der Waals surface area contributed by atoms with Crippen molar-refractivity contribution in [1.82, 2.24) is 20.4 Å².